The van der Waals surface area contributed by atoms with Gasteiger partial charge in [-0.25, -0.2) is 0 Å². The van der Waals surface area contributed by atoms with Crippen molar-refractivity contribution >= 4 is 18.3 Å². The first kappa shape index (κ1) is 11.9. The molecule has 82 valence electrons. The molecule has 1 saturated heterocycles. The molecule has 0 saturated carbocycles. The molecule has 0 radical (unpaired) electrons. The summed E-state index contributed by atoms with van der Waals surface area (Å²) in [6.07, 6.45) is 3.90. The van der Waals surface area contributed by atoms with Gasteiger partial charge in [0.05, 0.1) is 6.04 Å². The number of aromatic nitrogens is 1. The Bertz CT molecular complexity index is 344. The number of rotatable bonds is 1. The highest BCUT2D eigenvalue weighted by molar-refractivity contribution is 5.85. The summed E-state index contributed by atoms with van der Waals surface area (Å²) in [6, 6.07) is 3.68. The standard InChI is InChI=1S/C10H13N3O.ClH/c1-13-9(14)5-8(11)10(13)7-3-2-4-12-6-7;/h2-4,6,8,10H,5,11H2,1H3;1H/t8-,10+;/m0./s1. The van der Waals surface area contributed by atoms with E-state index < -0.39 is 0 Å². The number of hydrogen-bond acceptors (Lipinski definition) is 3. The maximum atomic E-state index is 11.4. The van der Waals surface area contributed by atoms with Crippen LogP contribution >= 0.6 is 12.4 Å². The molecule has 2 N–H and O–H groups in total. The monoisotopic (exact) mass is 227 g/mol. The van der Waals surface area contributed by atoms with Gasteiger partial charge in [-0.3, -0.25) is 9.78 Å². The van der Waals surface area contributed by atoms with Crippen LogP contribution in [0.4, 0.5) is 0 Å². The highest BCUT2D eigenvalue weighted by Gasteiger charge is 2.35. The van der Waals surface area contributed by atoms with Crippen molar-refractivity contribution in [3.8, 4) is 0 Å². The van der Waals surface area contributed by atoms with Gasteiger partial charge in [-0.2, -0.15) is 0 Å². The van der Waals surface area contributed by atoms with Crippen molar-refractivity contribution in [1.29, 1.82) is 0 Å². The number of likely N-dealkylation sites (N-methyl/N-ethyl adjacent to an activating group) is 1. The van der Waals surface area contributed by atoms with Crippen LogP contribution in [-0.2, 0) is 4.79 Å². The summed E-state index contributed by atoms with van der Waals surface area (Å²) in [5.41, 5.74) is 6.91. The molecule has 1 aliphatic heterocycles. The van der Waals surface area contributed by atoms with Crippen molar-refractivity contribution in [2.75, 3.05) is 7.05 Å². The molecule has 2 atom stereocenters. The molecule has 0 bridgehead atoms. The van der Waals surface area contributed by atoms with E-state index in [1.165, 1.54) is 0 Å². The SMILES string of the molecule is CN1C(=O)C[C@H](N)[C@H]1c1cccnc1.Cl. The van der Waals surface area contributed by atoms with Crippen LogP contribution in [0.5, 0.6) is 0 Å². The summed E-state index contributed by atoms with van der Waals surface area (Å²) in [5.74, 6) is 0.103. The average molecular weight is 228 g/mol. The lowest BCUT2D eigenvalue weighted by molar-refractivity contribution is -0.127. The van der Waals surface area contributed by atoms with Gasteiger partial charge in [0.15, 0.2) is 0 Å². The summed E-state index contributed by atoms with van der Waals surface area (Å²) in [4.78, 5) is 17.1. The number of nitrogens with two attached hydrogens (primary N) is 1. The van der Waals surface area contributed by atoms with E-state index in [-0.39, 0.29) is 30.4 Å². The molecule has 1 aromatic heterocycles. The molecule has 4 nitrogen and oxygen atoms in total. The summed E-state index contributed by atoms with van der Waals surface area (Å²) < 4.78 is 0. The third-order valence-corrected chi connectivity index (χ3v) is 2.65. The molecule has 1 aromatic rings. The number of halogens is 1. The Morgan fingerprint density at radius 3 is 2.80 bits per heavy atom. The van der Waals surface area contributed by atoms with Gasteiger partial charge in [0.1, 0.15) is 0 Å². The first-order valence-electron chi connectivity index (χ1n) is 4.61. The third-order valence-electron chi connectivity index (χ3n) is 2.65. The maximum absolute atomic E-state index is 11.4. The number of hydrogen-bond donors (Lipinski definition) is 1. The summed E-state index contributed by atoms with van der Waals surface area (Å²) in [5, 5.41) is 0. The Balaban J connectivity index is 0.00000112. The van der Waals surface area contributed by atoms with Gasteiger partial charge in [-0.15, -0.1) is 12.4 Å². The fourth-order valence-electron chi connectivity index (χ4n) is 1.92. The van der Waals surface area contributed by atoms with Crippen LogP contribution in [-0.4, -0.2) is 28.9 Å². The summed E-state index contributed by atoms with van der Waals surface area (Å²) >= 11 is 0. The minimum atomic E-state index is -0.114. The zero-order valence-corrected chi connectivity index (χ0v) is 9.28. The second-order valence-electron chi connectivity index (χ2n) is 3.60. The molecule has 0 aliphatic carbocycles. The molecule has 5 heteroatoms. The number of carbonyl (C=O) groups is 1. The van der Waals surface area contributed by atoms with Gasteiger partial charge >= 0.3 is 0 Å². The number of amides is 1. The van der Waals surface area contributed by atoms with Crippen molar-refractivity contribution in [2.45, 2.75) is 18.5 Å². The predicted molar refractivity (Wildman–Crippen MR) is 59.6 cm³/mol. The molecule has 2 rings (SSSR count). The summed E-state index contributed by atoms with van der Waals surface area (Å²) in [6.45, 7) is 0. The van der Waals surface area contributed by atoms with E-state index in [0.29, 0.717) is 6.42 Å². The lowest BCUT2D eigenvalue weighted by Gasteiger charge is -2.22. The van der Waals surface area contributed by atoms with Gasteiger partial charge in [-0.05, 0) is 11.6 Å². The number of likely N-dealkylation sites (tertiary alicyclic amines) is 1. The van der Waals surface area contributed by atoms with Crippen molar-refractivity contribution < 1.29 is 4.79 Å². The first-order chi connectivity index (χ1) is 6.70. The van der Waals surface area contributed by atoms with Gasteiger partial charge in [0.2, 0.25) is 5.91 Å². The highest BCUT2D eigenvalue weighted by atomic mass is 35.5. The zero-order valence-electron chi connectivity index (χ0n) is 8.46. The Hall–Kier alpha value is -1.13. The van der Waals surface area contributed by atoms with E-state index in [4.69, 9.17) is 5.73 Å². The molecule has 15 heavy (non-hydrogen) atoms. The van der Waals surface area contributed by atoms with Crippen LogP contribution < -0.4 is 5.73 Å². The minimum Gasteiger partial charge on any atom is -0.337 e. The minimum absolute atomic E-state index is 0. The van der Waals surface area contributed by atoms with E-state index >= 15 is 0 Å². The Morgan fingerprint density at radius 2 is 2.33 bits per heavy atom. The number of nitrogens with zero attached hydrogens (tertiary/aromatic N) is 2. The zero-order chi connectivity index (χ0) is 10.1. The smallest absolute Gasteiger partial charge is 0.224 e. The van der Waals surface area contributed by atoms with Gasteiger partial charge < -0.3 is 10.6 Å². The predicted octanol–water partition coefficient (Wildman–Crippen LogP) is 0.734. The first-order valence-corrected chi connectivity index (χ1v) is 4.61. The van der Waals surface area contributed by atoms with Crippen molar-refractivity contribution in [3.05, 3.63) is 30.1 Å². The average Bonchev–Trinajstić information content (AvgIpc) is 2.43. The van der Waals surface area contributed by atoms with E-state index in [1.807, 2.05) is 12.1 Å². The van der Waals surface area contributed by atoms with Crippen molar-refractivity contribution in [3.63, 3.8) is 0 Å². The largest absolute Gasteiger partial charge is 0.337 e. The van der Waals surface area contributed by atoms with Crippen LogP contribution in [0.2, 0.25) is 0 Å². The van der Waals surface area contributed by atoms with Crippen molar-refractivity contribution in [2.24, 2.45) is 5.73 Å². The number of carbonyl (C=O) groups excluding carboxylic acids is 1. The second-order valence-corrected chi connectivity index (χ2v) is 3.60. The molecular weight excluding hydrogens is 214 g/mol. The fraction of sp³-hybridized carbons (Fsp3) is 0.400. The lowest BCUT2D eigenvalue weighted by Crippen LogP contribution is -2.30. The highest BCUT2D eigenvalue weighted by Crippen LogP contribution is 2.29. The molecule has 2 heterocycles. The maximum Gasteiger partial charge on any atom is 0.224 e. The quantitative estimate of drug-likeness (QED) is 0.770. The van der Waals surface area contributed by atoms with Crippen LogP contribution in [0.1, 0.15) is 18.0 Å². The molecule has 1 amide bonds. The Labute approximate surface area is 94.9 Å². The van der Waals surface area contributed by atoms with Crippen LogP contribution in [0, 0.1) is 0 Å². The van der Waals surface area contributed by atoms with Crippen molar-refractivity contribution in [1.82, 2.24) is 9.88 Å². The Morgan fingerprint density at radius 1 is 1.60 bits per heavy atom. The molecule has 1 aliphatic rings. The molecule has 0 spiro atoms. The van der Waals surface area contributed by atoms with Crippen LogP contribution in [0.3, 0.4) is 0 Å². The van der Waals surface area contributed by atoms with E-state index in [9.17, 15) is 4.79 Å². The number of pyridine rings is 1. The van der Waals surface area contributed by atoms with E-state index in [1.54, 1.807) is 24.3 Å². The second kappa shape index (κ2) is 4.59. The van der Waals surface area contributed by atoms with E-state index in [0.717, 1.165) is 5.56 Å². The van der Waals surface area contributed by atoms with Gasteiger partial charge in [0, 0.05) is 31.9 Å². The molecule has 0 aromatic carbocycles. The lowest BCUT2D eigenvalue weighted by atomic mass is 10.0. The Kier molecular flexibility index (Phi) is 3.66. The summed E-state index contributed by atoms with van der Waals surface area (Å²) in [7, 11) is 1.78. The third kappa shape index (κ3) is 2.11. The van der Waals surface area contributed by atoms with Crippen LogP contribution in [0.25, 0.3) is 0 Å². The van der Waals surface area contributed by atoms with Crippen LogP contribution in [0.15, 0.2) is 24.5 Å². The topological polar surface area (TPSA) is 59.2 Å². The molecular formula is C10H14ClN3O. The normalized spacial score (nSPS) is 25.2. The van der Waals surface area contributed by atoms with Gasteiger partial charge in [-0.1, -0.05) is 6.07 Å². The van der Waals surface area contributed by atoms with E-state index in [2.05, 4.69) is 4.98 Å². The molecule has 0 unspecified atom stereocenters. The fourth-order valence-corrected chi connectivity index (χ4v) is 1.92. The molecule has 1 fully saturated rings. The van der Waals surface area contributed by atoms with Gasteiger partial charge in [0.25, 0.3) is 0 Å².